The molecule has 0 amide bonds. The zero-order valence-electron chi connectivity index (χ0n) is 15.4. The normalized spacial score (nSPS) is 17.8. The molecule has 2 aliphatic rings. The second kappa shape index (κ2) is 6.24. The van der Waals surface area contributed by atoms with Gasteiger partial charge in [-0.1, -0.05) is 0 Å². The van der Waals surface area contributed by atoms with E-state index in [1.54, 1.807) is 0 Å². The van der Waals surface area contributed by atoms with Crippen LogP contribution in [0.2, 0.25) is 0 Å². The molecule has 0 aromatic heterocycles. The van der Waals surface area contributed by atoms with Crippen molar-refractivity contribution in [2.45, 2.75) is 38.8 Å². The molecule has 0 spiro atoms. The van der Waals surface area contributed by atoms with Gasteiger partial charge in [-0.05, 0) is 74.2 Å². The lowest BCUT2D eigenvalue weighted by Gasteiger charge is -2.33. The summed E-state index contributed by atoms with van der Waals surface area (Å²) in [5, 5.41) is 0. The highest BCUT2D eigenvalue weighted by Crippen LogP contribution is 2.34. The van der Waals surface area contributed by atoms with E-state index in [1.165, 1.54) is 11.1 Å². The van der Waals surface area contributed by atoms with Gasteiger partial charge in [-0.25, -0.2) is 0 Å². The number of carbonyl (C=O) groups is 1. The highest BCUT2D eigenvalue weighted by atomic mass is 16.1. The van der Waals surface area contributed by atoms with Crippen LogP contribution in [0.4, 0.5) is 22.7 Å². The maximum atomic E-state index is 13.2. The van der Waals surface area contributed by atoms with Crippen LogP contribution in [0.3, 0.4) is 0 Å². The van der Waals surface area contributed by atoms with E-state index in [4.69, 9.17) is 11.5 Å². The molecule has 0 saturated carbocycles. The Balaban J connectivity index is 1.54. The summed E-state index contributed by atoms with van der Waals surface area (Å²) in [6.07, 6.45) is 1.89. The third-order valence-corrected chi connectivity index (χ3v) is 5.83. The number of hydrogen-bond acceptors (Lipinski definition) is 5. The lowest BCUT2D eigenvalue weighted by molar-refractivity contribution is -0.120. The number of nitrogens with two attached hydrogens (primary N) is 2. The van der Waals surface area contributed by atoms with Gasteiger partial charge in [0.1, 0.15) is 0 Å². The smallest absolute Gasteiger partial charge is 0.176 e. The number of rotatable bonds is 4. The van der Waals surface area contributed by atoms with E-state index >= 15 is 0 Å². The van der Waals surface area contributed by atoms with Crippen molar-refractivity contribution in [3.63, 3.8) is 0 Å². The second-order valence-corrected chi connectivity index (χ2v) is 7.42. The summed E-state index contributed by atoms with van der Waals surface area (Å²) in [4.78, 5) is 17.7. The number of carbonyl (C=O) groups excluding carboxylic acids is 1. The molecule has 0 saturated heterocycles. The van der Waals surface area contributed by atoms with Crippen LogP contribution in [-0.2, 0) is 17.6 Å². The molecule has 0 radical (unpaired) electrons. The number of Topliss-reactive ketones (excluding diaryl/α,β-unsaturated/α-hetero) is 1. The molecule has 2 heterocycles. The van der Waals surface area contributed by atoms with Crippen molar-refractivity contribution < 1.29 is 4.79 Å². The molecule has 2 aromatic carbocycles. The number of fused-ring (bicyclic) bond motifs is 2. The van der Waals surface area contributed by atoms with Crippen molar-refractivity contribution in [1.29, 1.82) is 0 Å². The third kappa shape index (κ3) is 2.68. The first-order valence-corrected chi connectivity index (χ1v) is 9.29. The van der Waals surface area contributed by atoms with Crippen molar-refractivity contribution in [3.05, 3.63) is 47.5 Å². The van der Waals surface area contributed by atoms with Crippen LogP contribution in [0.25, 0.3) is 0 Å². The van der Waals surface area contributed by atoms with Crippen LogP contribution in [0.15, 0.2) is 36.4 Å². The van der Waals surface area contributed by atoms with E-state index in [2.05, 4.69) is 9.80 Å². The Morgan fingerprint density at radius 3 is 1.69 bits per heavy atom. The van der Waals surface area contributed by atoms with Crippen LogP contribution < -0.4 is 21.3 Å². The summed E-state index contributed by atoms with van der Waals surface area (Å²) in [5.74, 6) is 0.249. The maximum absolute atomic E-state index is 13.2. The van der Waals surface area contributed by atoms with Crippen LogP contribution in [-0.4, -0.2) is 31.0 Å². The Bertz CT molecular complexity index is 794. The van der Waals surface area contributed by atoms with Gasteiger partial charge in [0.2, 0.25) is 0 Å². The minimum Gasteiger partial charge on any atom is -0.399 e. The first-order chi connectivity index (χ1) is 12.5. The van der Waals surface area contributed by atoms with Crippen molar-refractivity contribution in [2.24, 2.45) is 0 Å². The van der Waals surface area contributed by atoms with E-state index in [1.807, 2.05) is 50.2 Å². The molecule has 5 nitrogen and oxygen atoms in total. The van der Waals surface area contributed by atoms with Crippen LogP contribution in [0.5, 0.6) is 0 Å². The van der Waals surface area contributed by atoms with Gasteiger partial charge in [0, 0.05) is 35.8 Å². The molecule has 0 fully saturated rings. The molecule has 4 N–H and O–H groups in total. The van der Waals surface area contributed by atoms with Gasteiger partial charge in [-0.3, -0.25) is 4.79 Å². The monoisotopic (exact) mass is 350 g/mol. The molecule has 136 valence electrons. The first kappa shape index (κ1) is 16.8. The van der Waals surface area contributed by atoms with Crippen LogP contribution >= 0.6 is 0 Å². The van der Waals surface area contributed by atoms with E-state index in [-0.39, 0.29) is 17.9 Å². The zero-order chi connectivity index (χ0) is 18.4. The van der Waals surface area contributed by atoms with Gasteiger partial charge >= 0.3 is 0 Å². The third-order valence-electron chi connectivity index (χ3n) is 5.83. The van der Waals surface area contributed by atoms with Gasteiger partial charge in [-0.2, -0.15) is 0 Å². The van der Waals surface area contributed by atoms with E-state index in [0.29, 0.717) is 0 Å². The Hall–Kier alpha value is -2.69. The molecule has 0 bridgehead atoms. The molecule has 4 rings (SSSR count). The van der Waals surface area contributed by atoms with Crippen LogP contribution in [0, 0.1) is 0 Å². The molecule has 2 unspecified atom stereocenters. The van der Waals surface area contributed by atoms with Crippen molar-refractivity contribution in [1.82, 2.24) is 0 Å². The fourth-order valence-corrected chi connectivity index (χ4v) is 4.36. The van der Waals surface area contributed by atoms with Crippen LogP contribution in [0.1, 0.15) is 25.0 Å². The molecular weight excluding hydrogens is 324 g/mol. The number of hydrogen-bond donors (Lipinski definition) is 2. The zero-order valence-corrected chi connectivity index (χ0v) is 15.4. The van der Waals surface area contributed by atoms with Gasteiger partial charge in [0.15, 0.2) is 5.78 Å². The van der Waals surface area contributed by atoms with Gasteiger partial charge in [0.05, 0.1) is 12.1 Å². The largest absolute Gasteiger partial charge is 0.399 e. The topological polar surface area (TPSA) is 75.6 Å². The minimum atomic E-state index is -0.160. The summed E-state index contributed by atoms with van der Waals surface area (Å²) in [6, 6.07) is 11.6. The number of nitrogens with zero attached hydrogens (tertiary/aromatic N) is 2. The van der Waals surface area contributed by atoms with Crippen molar-refractivity contribution >= 4 is 28.5 Å². The number of ketones is 1. The molecule has 2 aliphatic heterocycles. The quantitative estimate of drug-likeness (QED) is 0.829. The van der Waals surface area contributed by atoms with Crippen molar-refractivity contribution in [3.8, 4) is 0 Å². The second-order valence-electron chi connectivity index (χ2n) is 7.42. The van der Waals surface area contributed by atoms with E-state index < -0.39 is 0 Å². The summed E-state index contributed by atoms with van der Waals surface area (Å²) >= 11 is 0. The lowest BCUT2D eigenvalue weighted by atomic mass is 10.0. The number of benzene rings is 2. The fraction of sp³-hybridized carbons (Fsp3) is 0.381. The number of nitrogen functional groups attached to an aromatic ring is 2. The molecule has 0 aliphatic carbocycles. The van der Waals surface area contributed by atoms with Gasteiger partial charge in [0.25, 0.3) is 0 Å². The van der Waals surface area contributed by atoms with Gasteiger partial charge < -0.3 is 21.3 Å². The predicted octanol–water partition coefficient (Wildman–Crippen LogP) is 2.62. The molecule has 26 heavy (non-hydrogen) atoms. The summed E-state index contributed by atoms with van der Waals surface area (Å²) in [6.45, 7) is 5.77. The summed E-state index contributed by atoms with van der Waals surface area (Å²) in [7, 11) is 0. The molecule has 2 aromatic rings. The average molecular weight is 350 g/mol. The Morgan fingerprint density at radius 1 is 0.846 bits per heavy atom. The Labute approximate surface area is 154 Å². The minimum absolute atomic E-state index is 0.160. The lowest BCUT2D eigenvalue weighted by Crippen LogP contribution is -2.48. The van der Waals surface area contributed by atoms with E-state index in [9.17, 15) is 4.79 Å². The highest BCUT2D eigenvalue weighted by Gasteiger charge is 2.34. The Kier molecular flexibility index (Phi) is 4.02. The first-order valence-electron chi connectivity index (χ1n) is 9.29. The standard InChI is InChI=1S/C21H26N4O/c1-13(24-9-7-15-11-17(22)3-5-19(15)24)21(26)14(2)25-10-8-16-12-18(23)4-6-20(16)25/h3-6,11-14H,7-10,22-23H2,1-2H3. The SMILES string of the molecule is CC(C(=O)C(C)N1CCc2cc(N)ccc21)N1CCc2cc(N)ccc21. The highest BCUT2D eigenvalue weighted by molar-refractivity contribution is 5.94. The van der Waals surface area contributed by atoms with Crippen molar-refractivity contribution in [2.75, 3.05) is 34.4 Å². The summed E-state index contributed by atoms with van der Waals surface area (Å²) in [5.41, 5.74) is 18.1. The van der Waals surface area contributed by atoms with Gasteiger partial charge in [-0.15, -0.1) is 0 Å². The fourth-order valence-electron chi connectivity index (χ4n) is 4.36. The predicted molar refractivity (Wildman–Crippen MR) is 108 cm³/mol. The summed E-state index contributed by atoms with van der Waals surface area (Å²) < 4.78 is 0. The molecular formula is C21H26N4O. The average Bonchev–Trinajstić information content (AvgIpc) is 3.22. The molecule has 2 atom stereocenters. The number of anilines is 4. The van der Waals surface area contributed by atoms with E-state index in [0.717, 1.165) is 48.7 Å². The maximum Gasteiger partial charge on any atom is 0.176 e. The molecule has 5 heteroatoms. The Morgan fingerprint density at radius 2 is 1.27 bits per heavy atom.